The highest BCUT2D eigenvalue weighted by atomic mass is 32.1. The minimum Gasteiger partial charge on any atom is -0.371 e. The van der Waals surface area contributed by atoms with E-state index < -0.39 is 5.60 Å². The van der Waals surface area contributed by atoms with E-state index in [1.807, 2.05) is 34.3 Å². The standard InChI is InChI=1S/C27H29N9OS/c1-27(37,25-28-13-18-38-25)11-9-20-19-24-35(16-6-17-36(24)33-20)23-10-12-29-26(32-23)31-21-7-5-8-22(30-21)34-14-3-2-4-15-34/h5,7-8,10,12-13,18-19,37H,2-4,6,14-17H2,1H3,(H,29,30,31,32). The second-order valence-electron chi connectivity index (χ2n) is 9.57. The van der Waals surface area contributed by atoms with Crippen molar-refractivity contribution in [1.82, 2.24) is 29.7 Å². The zero-order valence-corrected chi connectivity index (χ0v) is 22.0. The molecule has 1 saturated heterocycles. The number of fused-ring (bicyclic) bond motifs is 1. The first kappa shape index (κ1) is 24.3. The van der Waals surface area contributed by atoms with Gasteiger partial charge in [-0.3, -0.25) is 0 Å². The Hall–Kier alpha value is -4.01. The van der Waals surface area contributed by atoms with Crippen molar-refractivity contribution >= 4 is 40.6 Å². The van der Waals surface area contributed by atoms with E-state index in [-0.39, 0.29) is 0 Å². The molecule has 1 fully saturated rings. The van der Waals surface area contributed by atoms with E-state index in [1.54, 1.807) is 19.3 Å². The van der Waals surface area contributed by atoms with Crippen LogP contribution in [-0.2, 0) is 12.1 Å². The monoisotopic (exact) mass is 527 g/mol. The molecule has 0 aromatic carbocycles. The summed E-state index contributed by atoms with van der Waals surface area (Å²) in [5.74, 6) is 9.81. The largest absolute Gasteiger partial charge is 0.371 e. The van der Waals surface area contributed by atoms with Crippen LogP contribution in [0.3, 0.4) is 0 Å². The maximum absolute atomic E-state index is 10.7. The van der Waals surface area contributed by atoms with Crippen molar-refractivity contribution in [1.29, 1.82) is 0 Å². The Bertz CT molecular complexity index is 1470. The predicted molar refractivity (Wildman–Crippen MR) is 148 cm³/mol. The number of hydrogen-bond acceptors (Lipinski definition) is 10. The SMILES string of the molecule is CC(O)(C#Cc1cc2n(n1)CCCN2c1ccnc(Nc2cccc(N3CCCCC3)n2)n1)c1nccs1. The van der Waals surface area contributed by atoms with Gasteiger partial charge in [-0.1, -0.05) is 12.0 Å². The minimum atomic E-state index is -1.33. The van der Waals surface area contributed by atoms with Crippen molar-refractivity contribution in [2.45, 2.75) is 44.8 Å². The smallest absolute Gasteiger partial charge is 0.230 e. The Morgan fingerprint density at radius 3 is 2.71 bits per heavy atom. The van der Waals surface area contributed by atoms with Gasteiger partial charge in [-0.25, -0.2) is 19.6 Å². The van der Waals surface area contributed by atoms with E-state index in [2.05, 4.69) is 48.1 Å². The van der Waals surface area contributed by atoms with Crippen molar-refractivity contribution in [3.63, 3.8) is 0 Å². The Labute approximate surface area is 225 Å². The van der Waals surface area contributed by atoms with Gasteiger partial charge in [0.25, 0.3) is 0 Å². The van der Waals surface area contributed by atoms with Crippen LogP contribution in [0.15, 0.2) is 48.1 Å². The summed E-state index contributed by atoms with van der Waals surface area (Å²) in [7, 11) is 0. The summed E-state index contributed by atoms with van der Waals surface area (Å²) in [6.45, 7) is 5.32. The number of rotatable bonds is 5. The number of pyridine rings is 1. The average Bonchev–Trinajstić information content (AvgIpc) is 3.64. The number of nitrogens with zero attached hydrogens (tertiary/aromatic N) is 8. The van der Waals surface area contributed by atoms with Crippen molar-refractivity contribution in [3.8, 4) is 11.8 Å². The van der Waals surface area contributed by atoms with Crippen molar-refractivity contribution in [3.05, 3.63) is 58.8 Å². The Kier molecular flexibility index (Phi) is 6.66. The lowest BCUT2D eigenvalue weighted by Crippen LogP contribution is -2.30. The fourth-order valence-electron chi connectivity index (χ4n) is 4.74. The first-order valence-electron chi connectivity index (χ1n) is 12.9. The van der Waals surface area contributed by atoms with Crippen LogP contribution in [0.4, 0.5) is 29.2 Å². The van der Waals surface area contributed by atoms with Gasteiger partial charge in [-0.15, -0.1) is 11.3 Å². The molecule has 0 amide bonds. The van der Waals surface area contributed by atoms with Crippen LogP contribution in [0.5, 0.6) is 0 Å². The fraction of sp³-hybridized carbons (Fsp3) is 0.370. The Morgan fingerprint density at radius 2 is 1.87 bits per heavy atom. The van der Waals surface area contributed by atoms with Gasteiger partial charge in [-0.2, -0.15) is 10.1 Å². The van der Waals surface area contributed by atoms with E-state index in [9.17, 15) is 5.11 Å². The summed E-state index contributed by atoms with van der Waals surface area (Å²) < 4.78 is 1.93. The number of hydrogen-bond donors (Lipinski definition) is 2. The van der Waals surface area contributed by atoms with E-state index in [4.69, 9.17) is 9.97 Å². The lowest BCUT2D eigenvalue weighted by molar-refractivity contribution is 0.122. The Balaban J connectivity index is 1.22. The van der Waals surface area contributed by atoms with Crippen LogP contribution >= 0.6 is 11.3 Å². The molecule has 38 heavy (non-hydrogen) atoms. The molecule has 1 unspecified atom stereocenters. The van der Waals surface area contributed by atoms with E-state index in [0.29, 0.717) is 16.6 Å². The third-order valence-corrected chi connectivity index (χ3v) is 7.63. The van der Waals surface area contributed by atoms with Crippen LogP contribution in [0.2, 0.25) is 0 Å². The summed E-state index contributed by atoms with van der Waals surface area (Å²) in [5, 5.41) is 21.0. The normalized spacial score (nSPS) is 16.8. The molecule has 2 aliphatic heterocycles. The van der Waals surface area contributed by atoms with Crippen LogP contribution in [-0.4, -0.2) is 54.5 Å². The molecule has 6 rings (SSSR count). The molecule has 0 radical (unpaired) electrons. The predicted octanol–water partition coefficient (Wildman–Crippen LogP) is 4.06. The molecule has 2 aliphatic rings. The maximum atomic E-state index is 10.7. The molecule has 6 heterocycles. The van der Waals surface area contributed by atoms with Crippen LogP contribution in [0.1, 0.15) is 43.3 Å². The average molecular weight is 528 g/mol. The highest BCUT2D eigenvalue weighted by Gasteiger charge is 2.25. The van der Waals surface area contributed by atoms with Crippen molar-refractivity contribution in [2.75, 3.05) is 34.8 Å². The molecule has 1 atom stereocenters. The van der Waals surface area contributed by atoms with Gasteiger partial charge < -0.3 is 20.2 Å². The van der Waals surface area contributed by atoms with Crippen molar-refractivity contribution in [2.24, 2.45) is 0 Å². The van der Waals surface area contributed by atoms with Crippen LogP contribution in [0, 0.1) is 11.8 Å². The number of anilines is 5. The molecule has 4 aromatic rings. The molecule has 0 bridgehead atoms. The number of piperidine rings is 1. The molecule has 0 spiro atoms. The van der Waals surface area contributed by atoms with Crippen LogP contribution in [0.25, 0.3) is 0 Å². The lowest BCUT2D eigenvalue weighted by atomic mass is 10.1. The molecule has 4 aromatic heterocycles. The van der Waals surface area contributed by atoms with E-state index in [0.717, 1.165) is 55.9 Å². The third-order valence-electron chi connectivity index (χ3n) is 6.64. The fourth-order valence-corrected chi connectivity index (χ4v) is 5.40. The molecule has 0 saturated carbocycles. The van der Waals surface area contributed by atoms with Gasteiger partial charge >= 0.3 is 0 Å². The van der Waals surface area contributed by atoms with Gasteiger partial charge in [0, 0.05) is 50.0 Å². The number of aryl methyl sites for hydroxylation is 1. The first-order chi connectivity index (χ1) is 18.5. The molecular weight excluding hydrogens is 498 g/mol. The summed E-state index contributed by atoms with van der Waals surface area (Å²) in [6, 6.07) is 9.83. The first-order valence-corrected chi connectivity index (χ1v) is 13.8. The zero-order chi connectivity index (χ0) is 26.0. The molecule has 0 aliphatic carbocycles. The number of aromatic nitrogens is 6. The third kappa shape index (κ3) is 5.18. The molecule has 11 heteroatoms. The molecule has 10 nitrogen and oxygen atoms in total. The van der Waals surface area contributed by atoms with Gasteiger partial charge in [0.2, 0.25) is 5.95 Å². The molecule has 194 valence electrons. The quantitative estimate of drug-likeness (QED) is 0.372. The second-order valence-corrected chi connectivity index (χ2v) is 10.5. The Morgan fingerprint density at radius 1 is 0.974 bits per heavy atom. The summed E-state index contributed by atoms with van der Waals surface area (Å²) in [5.41, 5.74) is -0.736. The van der Waals surface area contributed by atoms with Gasteiger partial charge in [0.1, 0.15) is 34.0 Å². The lowest BCUT2D eigenvalue weighted by Gasteiger charge is -2.28. The summed E-state index contributed by atoms with van der Waals surface area (Å²) in [6.07, 6.45) is 8.03. The minimum absolute atomic E-state index is 0.488. The van der Waals surface area contributed by atoms with Gasteiger partial charge in [0.05, 0.1) is 0 Å². The number of aliphatic hydroxyl groups is 1. The summed E-state index contributed by atoms with van der Waals surface area (Å²) >= 11 is 1.38. The highest BCUT2D eigenvalue weighted by Crippen LogP contribution is 2.30. The topological polar surface area (TPSA) is 108 Å². The number of thiazole rings is 1. The number of nitrogens with one attached hydrogen (secondary N) is 1. The highest BCUT2D eigenvalue weighted by molar-refractivity contribution is 7.09. The van der Waals surface area contributed by atoms with Gasteiger partial charge in [0.15, 0.2) is 5.60 Å². The van der Waals surface area contributed by atoms with E-state index >= 15 is 0 Å². The molecular formula is C27H29N9OS. The van der Waals surface area contributed by atoms with E-state index in [1.165, 1.54) is 30.6 Å². The maximum Gasteiger partial charge on any atom is 0.230 e. The molecule has 2 N–H and O–H groups in total. The van der Waals surface area contributed by atoms with Crippen molar-refractivity contribution < 1.29 is 5.11 Å². The second kappa shape index (κ2) is 10.4. The summed E-state index contributed by atoms with van der Waals surface area (Å²) in [4.78, 5) is 22.7. The van der Waals surface area contributed by atoms with Gasteiger partial charge in [-0.05, 0) is 56.7 Å². The zero-order valence-electron chi connectivity index (χ0n) is 21.2. The van der Waals surface area contributed by atoms with Crippen LogP contribution < -0.4 is 15.1 Å².